The molecular formula is C19H26O2. The van der Waals surface area contributed by atoms with Crippen LogP contribution in [0, 0.1) is 11.8 Å². The molecule has 2 unspecified atom stereocenters. The fourth-order valence-electron chi connectivity index (χ4n) is 2.69. The summed E-state index contributed by atoms with van der Waals surface area (Å²) in [6.45, 7) is 4.45. The molecule has 1 N–H and O–H groups in total. The summed E-state index contributed by atoms with van der Waals surface area (Å²) in [4.78, 5) is 0. The van der Waals surface area contributed by atoms with Crippen molar-refractivity contribution in [3.63, 3.8) is 0 Å². The van der Waals surface area contributed by atoms with Gasteiger partial charge in [0, 0.05) is 0 Å². The van der Waals surface area contributed by atoms with E-state index in [4.69, 9.17) is 4.74 Å². The van der Waals surface area contributed by atoms with Gasteiger partial charge in [-0.15, -0.1) is 0 Å². The fraction of sp³-hybridized carbons (Fsp3) is 0.474. The lowest BCUT2D eigenvalue weighted by Crippen LogP contribution is -2.06. The van der Waals surface area contributed by atoms with Crippen LogP contribution in [0.4, 0.5) is 0 Å². The topological polar surface area (TPSA) is 29.5 Å². The van der Waals surface area contributed by atoms with Crippen molar-refractivity contribution in [2.45, 2.75) is 39.2 Å². The second-order valence-corrected chi connectivity index (χ2v) is 6.08. The van der Waals surface area contributed by atoms with Crippen LogP contribution in [-0.2, 0) is 0 Å². The van der Waals surface area contributed by atoms with Crippen LogP contribution in [0.5, 0.6) is 5.75 Å². The molecule has 1 aromatic rings. The molecule has 0 radical (unpaired) electrons. The number of benzene rings is 1. The van der Waals surface area contributed by atoms with Crippen molar-refractivity contribution in [1.29, 1.82) is 0 Å². The molecule has 0 aromatic heterocycles. The van der Waals surface area contributed by atoms with Crippen LogP contribution in [0.15, 0.2) is 48.1 Å². The number of hydrogen-bond donors (Lipinski definition) is 1. The van der Waals surface area contributed by atoms with Crippen LogP contribution < -0.4 is 4.74 Å². The molecule has 1 aromatic carbocycles. The average Bonchev–Trinajstić information content (AvgIpc) is 2.53. The Morgan fingerprint density at radius 1 is 1.24 bits per heavy atom. The van der Waals surface area contributed by atoms with Gasteiger partial charge in [0.2, 0.25) is 0 Å². The minimum atomic E-state index is -0.389. The quantitative estimate of drug-likeness (QED) is 0.823. The lowest BCUT2D eigenvalue weighted by Gasteiger charge is -2.19. The van der Waals surface area contributed by atoms with E-state index in [1.54, 1.807) is 7.11 Å². The van der Waals surface area contributed by atoms with Gasteiger partial charge in [-0.1, -0.05) is 44.2 Å². The zero-order valence-corrected chi connectivity index (χ0v) is 13.3. The third-order valence-electron chi connectivity index (χ3n) is 4.20. The smallest absolute Gasteiger partial charge is 0.118 e. The van der Waals surface area contributed by atoms with Crippen molar-refractivity contribution >= 4 is 0 Å². The van der Waals surface area contributed by atoms with Gasteiger partial charge in [-0.25, -0.2) is 0 Å². The molecule has 1 aliphatic carbocycles. The van der Waals surface area contributed by atoms with E-state index in [1.807, 2.05) is 24.3 Å². The van der Waals surface area contributed by atoms with Crippen molar-refractivity contribution in [2.24, 2.45) is 11.8 Å². The standard InChI is InChI=1S/C19H26O2/c1-14(2)16-7-4-15(5-8-16)6-13-19(20)17-9-11-18(21-3)12-10-17/h4,7-12,14-15,19-20H,5-6,13H2,1-3H3. The van der Waals surface area contributed by atoms with Crippen molar-refractivity contribution in [1.82, 2.24) is 0 Å². The zero-order valence-electron chi connectivity index (χ0n) is 13.3. The first-order valence-corrected chi connectivity index (χ1v) is 7.80. The number of rotatable bonds is 6. The number of aliphatic hydroxyl groups excluding tert-OH is 1. The molecule has 114 valence electrons. The van der Waals surface area contributed by atoms with E-state index in [9.17, 15) is 5.11 Å². The minimum absolute atomic E-state index is 0.389. The normalized spacial score (nSPS) is 19.5. The molecule has 0 heterocycles. The lowest BCUT2D eigenvalue weighted by molar-refractivity contribution is 0.159. The van der Waals surface area contributed by atoms with Gasteiger partial charge in [0.25, 0.3) is 0 Å². The highest BCUT2D eigenvalue weighted by molar-refractivity contribution is 5.28. The van der Waals surface area contributed by atoms with Crippen molar-refractivity contribution in [3.8, 4) is 5.75 Å². The molecule has 2 heteroatoms. The van der Waals surface area contributed by atoms with Gasteiger partial charge in [-0.3, -0.25) is 0 Å². The molecule has 1 aliphatic rings. The third kappa shape index (κ3) is 4.47. The van der Waals surface area contributed by atoms with E-state index in [0.29, 0.717) is 11.8 Å². The summed E-state index contributed by atoms with van der Waals surface area (Å²) in [6, 6.07) is 7.68. The van der Waals surface area contributed by atoms with Crippen molar-refractivity contribution in [3.05, 3.63) is 53.6 Å². The summed E-state index contributed by atoms with van der Waals surface area (Å²) in [7, 11) is 1.65. The Kier molecular flexibility index (Phi) is 5.63. The minimum Gasteiger partial charge on any atom is -0.497 e. The summed E-state index contributed by atoms with van der Waals surface area (Å²) in [5, 5.41) is 10.3. The number of aliphatic hydroxyl groups is 1. The molecule has 0 spiro atoms. The highest BCUT2D eigenvalue weighted by Gasteiger charge is 2.14. The number of methoxy groups -OCH3 is 1. The van der Waals surface area contributed by atoms with Gasteiger partial charge < -0.3 is 9.84 Å². The summed E-state index contributed by atoms with van der Waals surface area (Å²) >= 11 is 0. The first-order valence-electron chi connectivity index (χ1n) is 7.80. The van der Waals surface area contributed by atoms with E-state index in [2.05, 4.69) is 32.1 Å². The van der Waals surface area contributed by atoms with E-state index < -0.39 is 0 Å². The number of hydrogen-bond acceptors (Lipinski definition) is 2. The molecule has 0 saturated carbocycles. The van der Waals surface area contributed by atoms with Crippen LogP contribution in [0.3, 0.4) is 0 Å². The second kappa shape index (κ2) is 7.46. The largest absolute Gasteiger partial charge is 0.497 e. The van der Waals surface area contributed by atoms with Gasteiger partial charge in [0.05, 0.1) is 13.2 Å². The van der Waals surface area contributed by atoms with Crippen molar-refractivity contribution < 1.29 is 9.84 Å². The summed E-state index contributed by atoms with van der Waals surface area (Å²) in [5.74, 6) is 1.99. The Bertz CT molecular complexity index is 497. The Hall–Kier alpha value is -1.54. The molecule has 2 nitrogen and oxygen atoms in total. The Morgan fingerprint density at radius 3 is 2.48 bits per heavy atom. The average molecular weight is 286 g/mol. The molecule has 0 aliphatic heterocycles. The van der Waals surface area contributed by atoms with Crippen LogP contribution in [-0.4, -0.2) is 12.2 Å². The summed E-state index contributed by atoms with van der Waals surface area (Å²) < 4.78 is 5.14. The van der Waals surface area contributed by atoms with E-state index >= 15 is 0 Å². The first kappa shape index (κ1) is 15.8. The molecule has 2 atom stereocenters. The predicted octanol–water partition coefficient (Wildman–Crippen LogP) is 4.67. The second-order valence-electron chi connectivity index (χ2n) is 6.08. The van der Waals surface area contributed by atoms with Gasteiger partial charge in [-0.05, 0) is 54.4 Å². The van der Waals surface area contributed by atoms with Crippen LogP contribution >= 0.6 is 0 Å². The maximum atomic E-state index is 10.3. The fourth-order valence-corrected chi connectivity index (χ4v) is 2.69. The molecule has 2 rings (SSSR count). The van der Waals surface area contributed by atoms with E-state index in [-0.39, 0.29) is 6.10 Å². The van der Waals surface area contributed by atoms with E-state index in [0.717, 1.165) is 30.6 Å². The maximum Gasteiger partial charge on any atom is 0.118 e. The third-order valence-corrected chi connectivity index (χ3v) is 4.20. The Labute approximate surface area is 128 Å². The van der Waals surface area contributed by atoms with Gasteiger partial charge in [0.15, 0.2) is 0 Å². The molecule has 0 fully saturated rings. The van der Waals surface area contributed by atoms with Crippen molar-refractivity contribution in [2.75, 3.05) is 7.11 Å². The molecule has 0 saturated heterocycles. The van der Waals surface area contributed by atoms with Gasteiger partial charge >= 0.3 is 0 Å². The number of allylic oxidation sites excluding steroid dienone is 4. The zero-order chi connectivity index (χ0) is 15.2. The molecule has 21 heavy (non-hydrogen) atoms. The van der Waals surface area contributed by atoms with Crippen LogP contribution in [0.25, 0.3) is 0 Å². The maximum absolute atomic E-state index is 10.3. The van der Waals surface area contributed by atoms with Crippen LogP contribution in [0.2, 0.25) is 0 Å². The highest BCUT2D eigenvalue weighted by Crippen LogP contribution is 2.28. The predicted molar refractivity (Wildman–Crippen MR) is 87.4 cm³/mol. The number of ether oxygens (including phenoxy) is 1. The molecule has 0 bridgehead atoms. The highest BCUT2D eigenvalue weighted by atomic mass is 16.5. The first-order chi connectivity index (χ1) is 10.1. The lowest BCUT2D eigenvalue weighted by atomic mass is 9.88. The SMILES string of the molecule is COc1ccc(C(O)CCC2C=CC(C(C)C)=CC2)cc1. The molecule has 0 amide bonds. The Morgan fingerprint density at radius 2 is 1.95 bits per heavy atom. The molecular weight excluding hydrogens is 260 g/mol. The van der Waals surface area contributed by atoms with E-state index in [1.165, 1.54) is 5.57 Å². The van der Waals surface area contributed by atoms with Gasteiger partial charge in [0.1, 0.15) is 5.75 Å². The van der Waals surface area contributed by atoms with Gasteiger partial charge in [-0.2, -0.15) is 0 Å². The summed E-state index contributed by atoms with van der Waals surface area (Å²) in [5.41, 5.74) is 2.40. The van der Waals surface area contributed by atoms with Crippen LogP contribution in [0.1, 0.15) is 44.8 Å². The Balaban J connectivity index is 1.82. The monoisotopic (exact) mass is 286 g/mol. The summed E-state index contributed by atoms with van der Waals surface area (Å²) in [6.07, 6.45) is 9.42.